The zero-order chi connectivity index (χ0) is 28.5. The number of nitrogen functional groups attached to an aromatic ring is 1. The minimum atomic E-state index is -0.285. The van der Waals surface area contributed by atoms with Crippen molar-refractivity contribution in [1.29, 1.82) is 0 Å². The van der Waals surface area contributed by atoms with Crippen molar-refractivity contribution in [2.75, 3.05) is 24.1 Å². The molecule has 1 fully saturated rings. The molecule has 1 amide bonds. The van der Waals surface area contributed by atoms with Crippen LogP contribution in [0.2, 0.25) is 0 Å². The Labute approximate surface area is 238 Å². The van der Waals surface area contributed by atoms with Crippen LogP contribution in [0.1, 0.15) is 32.7 Å². The number of amides is 1. The predicted octanol–water partition coefficient (Wildman–Crippen LogP) is 5.10. The number of carbonyl (C=O) groups excluding carboxylic acids is 1. The molecule has 1 saturated heterocycles. The van der Waals surface area contributed by atoms with Crippen LogP contribution >= 0.6 is 0 Å². The molecule has 5 aromatic rings. The van der Waals surface area contributed by atoms with Crippen molar-refractivity contribution in [3.05, 3.63) is 79.8 Å². The van der Waals surface area contributed by atoms with E-state index in [-0.39, 0.29) is 11.7 Å². The standard InChI is InChI=1S/C31H33N9O/c1-4-28(41)35-22-8-7-9-24(16-22)40-27-11-6-5-10-25(27)37-31(40)29-30(32)33-18-26(36-29)21-17-34-39(19-21)23-12-14-38(15-13-23)20(2)3/h4-11,16-20,23H,1,12-15H2,2-3H3,(H2,32,33)(H,35,41). The third-order valence-electron chi connectivity index (χ3n) is 7.63. The molecular weight excluding hydrogens is 514 g/mol. The van der Waals surface area contributed by atoms with E-state index in [4.69, 9.17) is 15.7 Å². The van der Waals surface area contributed by atoms with E-state index in [1.54, 1.807) is 6.20 Å². The molecule has 10 heteroatoms. The number of nitrogens with zero attached hydrogens (tertiary/aromatic N) is 7. The van der Waals surface area contributed by atoms with Crippen LogP contribution in [0.15, 0.2) is 79.8 Å². The molecule has 10 nitrogen and oxygen atoms in total. The smallest absolute Gasteiger partial charge is 0.247 e. The van der Waals surface area contributed by atoms with Crippen LogP contribution in [0.5, 0.6) is 0 Å². The normalized spacial score (nSPS) is 14.5. The van der Waals surface area contributed by atoms with Crippen molar-refractivity contribution in [1.82, 2.24) is 34.2 Å². The summed E-state index contributed by atoms with van der Waals surface area (Å²) in [6, 6.07) is 16.3. The molecule has 3 N–H and O–H groups in total. The molecule has 2 aromatic carbocycles. The van der Waals surface area contributed by atoms with E-state index >= 15 is 0 Å². The molecule has 0 bridgehead atoms. The Kier molecular flexibility index (Phi) is 7.07. The fraction of sp³-hybridized carbons (Fsp3) is 0.258. The Morgan fingerprint density at radius 3 is 2.68 bits per heavy atom. The zero-order valence-corrected chi connectivity index (χ0v) is 23.2. The molecular formula is C31H33N9O. The summed E-state index contributed by atoms with van der Waals surface area (Å²) in [6.07, 6.45) is 8.94. The molecule has 41 heavy (non-hydrogen) atoms. The van der Waals surface area contributed by atoms with Crippen molar-refractivity contribution in [3.8, 4) is 28.5 Å². The summed E-state index contributed by atoms with van der Waals surface area (Å²) < 4.78 is 4.04. The first-order valence-corrected chi connectivity index (χ1v) is 13.8. The zero-order valence-electron chi connectivity index (χ0n) is 23.2. The van der Waals surface area contributed by atoms with E-state index in [2.05, 4.69) is 51.6 Å². The average molecular weight is 548 g/mol. The lowest BCUT2D eigenvalue weighted by molar-refractivity contribution is -0.111. The first-order valence-electron chi connectivity index (χ1n) is 13.8. The first-order chi connectivity index (χ1) is 19.9. The third kappa shape index (κ3) is 5.21. The third-order valence-corrected chi connectivity index (χ3v) is 7.63. The molecule has 0 spiro atoms. The molecule has 0 aliphatic carbocycles. The van der Waals surface area contributed by atoms with Gasteiger partial charge in [0.25, 0.3) is 0 Å². The van der Waals surface area contributed by atoms with Gasteiger partial charge in [-0.05, 0) is 63.1 Å². The second-order valence-electron chi connectivity index (χ2n) is 10.6. The van der Waals surface area contributed by atoms with Gasteiger partial charge in [0.2, 0.25) is 5.91 Å². The van der Waals surface area contributed by atoms with Crippen LogP contribution in [-0.4, -0.2) is 59.2 Å². The summed E-state index contributed by atoms with van der Waals surface area (Å²) in [4.78, 5) is 28.8. The Morgan fingerprint density at radius 1 is 1.10 bits per heavy atom. The predicted molar refractivity (Wildman–Crippen MR) is 162 cm³/mol. The number of hydrogen-bond acceptors (Lipinski definition) is 7. The largest absolute Gasteiger partial charge is 0.382 e. The molecule has 1 aliphatic rings. The SMILES string of the molecule is C=CC(=O)Nc1cccc(-n2c(-c3nc(-c4cnn(C5CCN(C(C)C)CC5)c4)cnc3N)nc3ccccc32)c1. The van der Waals surface area contributed by atoms with Crippen LogP contribution in [0, 0.1) is 0 Å². The minimum Gasteiger partial charge on any atom is -0.382 e. The number of piperidine rings is 1. The number of carbonyl (C=O) groups is 1. The summed E-state index contributed by atoms with van der Waals surface area (Å²) >= 11 is 0. The second-order valence-corrected chi connectivity index (χ2v) is 10.6. The highest BCUT2D eigenvalue weighted by atomic mass is 16.1. The lowest BCUT2D eigenvalue weighted by Crippen LogP contribution is -2.39. The van der Waals surface area contributed by atoms with Gasteiger partial charge in [0.15, 0.2) is 11.6 Å². The van der Waals surface area contributed by atoms with Gasteiger partial charge in [-0.1, -0.05) is 24.8 Å². The number of likely N-dealkylation sites (tertiary alicyclic amines) is 1. The van der Waals surface area contributed by atoms with Crippen LogP contribution in [0.4, 0.5) is 11.5 Å². The Morgan fingerprint density at radius 2 is 1.90 bits per heavy atom. The van der Waals surface area contributed by atoms with Crippen LogP contribution < -0.4 is 11.1 Å². The van der Waals surface area contributed by atoms with Crippen LogP contribution in [-0.2, 0) is 4.79 Å². The highest BCUT2D eigenvalue weighted by Gasteiger charge is 2.24. The van der Waals surface area contributed by atoms with E-state index < -0.39 is 0 Å². The number of imidazole rings is 1. The molecule has 3 aromatic heterocycles. The number of anilines is 2. The van der Waals surface area contributed by atoms with Crippen molar-refractivity contribution in [2.45, 2.75) is 38.8 Å². The number of nitrogens with two attached hydrogens (primary N) is 1. The summed E-state index contributed by atoms with van der Waals surface area (Å²) in [6.45, 7) is 10.2. The van der Waals surface area contributed by atoms with Gasteiger partial charge in [-0.2, -0.15) is 5.10 Å². The van der Waals surface area contributed by atoms with Crippen LogP contribution in [0.25, 0.3) is 39.5 Å². The Hall–Kier alpha value is -4.83. The second kappa shape index (κ2) is 11.0. The summed E-state index contributed by atoms with van der Waals surface area (Å²) in [5, 5.41) is 7.51. The molecule has 0 atom stereocenters. The average Bonchev–Trinajstić information content (AvgIpc) is 3.63. The van der Waals surface area contributed by atoms with E-state index in [1.807, 2.05) is 59.3 Å². The topological polar surface area (TPSA) is 120 Å². The van der Waals surface area contributed by atoms with Gasteiger partial charge in [-0.25, -0.2) is 15.0 Å². The van der Waals surface area contributed by atoms with Crippen molar-refractivity contribution >= 4 is 28.4 Å². The minimum absolute atomic E-state index is 0.273. The van der Waals surface area contributed by atoms with Gasteiger partial charge in [-0.3, -0.25) is 14.0 Å². The van der Waals surface area contributed by atoms with Gasteiger partial charge in [0.1, 0.15) is 5.69 Å². The fourth-order valence-corrected chi connectivity index (χ4v) is 5.40. The molecule has 0 radical (unpaired) electrons. The van der Waals surface area contributed by atoms with E-state index in [9.17, 15) is 4.79 Å². The summed E-state index contributed by atoms with van der Waals surface area (Å²) in [5.41, 5.74) is 11.5. The summed E-state index contributed by atoms with van der Waals surface area (Å²) in [5.74, 6) is 0.542. The number of benzene rings is 2. The Bertz CT molecular complexity index is 1730. The maximum Gasteiger partial charge on any atom is 0.247 e. The van der Waals surface area contributed by atoms with Crippen molar-refractivity contribution < 1.29 is 4.79 Å². The number of aromatic nitrogens is 6. The van der Waals surface area contributed by atoms with Gasteiger partial charge in [-0.15, -0.1) is 0 Å². The lowest BCUT2D eigenvalue weighted by Gasteiger charge is -2.34. The van der Waals surface area contributed by atoms with Gasteiger partial charge >= 0.3 is 0 Å². The number of para-hydroxylation sites is 2. The molecule has 1 aliphatic heterocycles. The van der Waals surface area contributed by atoms with Crippen molar-refractivity contribution in [3.63, 3.8) is 0 Å². The lowest BCUT2D eigenvalue weighted by atomic mass is 10.0. The highest BCUT2D eigenvalue weighted by molar-refractivity contribution is 5.99. The Balaban J connectivity index is 1.38. The van der Waals surface area contributed by atoms with Gasteiger partial charge < -0.3 is 16.0 Å². The number of nitrogens with one attached hydrogen (secondary N) is 1. The molecule has 4 heterocycles. The highest BCUT2D eigenvalue weighted by Crippen LogP contribution is 2.33. The molecule has 208 valence electrons. The maximum atomic E-state index is 11.9. The number of rotatable bonds is 7. The first kappa shape index (κ1) is 26.4. The number of hydrogen-bond donors (Lipinski definition) is 2. The van der Waals surface area contributed by atoms with Crippen molar-refractivity contribution in [2.24, 2.45) is 0 Å². The number of fused-ring (bicyclic) bond motifs is 1. The molecule has 0 unspecified atom stereocenters. The van der Waals surface area contributed by atoms with E-state index in [1.165, 1.54) is 6.08 Å². The molecule has 6 rings (SSSR count). The fourth-order valence-electron chi connectivity index (χ4n) is 5.40. The quantitative estimate of drug-likeness (QED) is 0.272. The van der Waals surface area contributed by atoms with Gasteiger partial charge in [0, 0.05) is 42.3 Å². The maximum absolute atomic E-state index is 11.9. The van der Waals surface area contributed by atoms with E-state index in [0.717, 1.165) is 48.2 Å². The summed E-state index contributed by atoms with van der Waals surface area (Å²) in [7, 11) is 0. The molecule has 0 saturated carbocycles. The van der Waals surface area contributed by atoms with E-state index in [0.29, 0.717) is 35.0 Å². The van der Waals surface area contributed by atoms with Gasteiger partial charge in [0.05, 0.1) is 35.2 Å². The monoisotopic (exact) mass is 547 g/mol. The van der Waals surface area contributed by atoms with Crippen LogP contribution in [0.3, 0.4) is 0 Å².